The van der Waals surface area contributed by atoms with Gasteiger partial charge in [-0.15, -0.1) is 0 Å². The summed E-state index contributed by atoms with van der Waals surface area (Å²) in [5.74, 6) is 1.36. The number of ether oxygens (including phenoxy) is 1. The van der Waals surface area contributed by atoms with Crippen molar-refractivity contribution in [2.45, 2.75) is 189 Å². The van der Waals surface area contributed by atoms with Gasteiger partial charge in [-0.3, -0.25) is 0 Å². The quantitative estimate of drug-likeness (QED) is 0.265. The highest BCUT2D eigenvalue weighted by Gasteiger charge is 2.51. The zero-order valence-electron chi connectivity index (χ0n) is 32.6. The average molecular weight is 711 g/mol. The summed E-state index contributed by atoms with van der Waals surface area (Å²) < 4.78 is 29.7. The number of carbonyl (C=O) groups excluding carboxylic acids is 5. The lowest BCUT2D eigenvalue weighted by molar-refractivity contribution is -0.193. The van der Waals surface area contributed by atoms with Crippen molar-refractivity contribution in [2.24, 2.45) is 11.8 Å². The van der Waals surface area contributed by atoms with Crippen LogP contribution in [0, 0.1) is 11.8 Å². The van der Waals surface area contributed by atoms with E-state index in [0.29, 0.717) is 12.0 Å². The van der Waals surface area contributed by atoms with E-state index in [4.69, 9.17) is 42.5 Å². The molecule has 0 saturated carbocycles. The van der Waals surface area contributed by atoms with Crippen molar-refractivity contribution in [3.05, 3.63) is 0 Å². The second kappa shape index (κ2) is 20.3. The van der Waals surface area contributed by atoms with E-state index in [0.717, 1.165) is 44.4 Å². The molecule has 288 valence electrons. The van der Waals surface area contributed by atoms with Gasteiger partial charge >= 0.3 is 32.6 Å². The van der Waals surface area contributed by atoms with Crippen LogP contribution in [0.4, 0.5) is 4.79 Å². The number of carbonyl (C=O) groups is 1. The second-order valence-corrected chi connectivity index (χ2v) is 16.7. The van der Waals surface area contributed by atoms with Crippen LogP contribution in [-0.2, 0) is 42.5 Å². The van der Waals surface area contributed by atoms with Crippen LogP contribution in [0.5, 0.6) is 0 Å². The van der Waals surface area contributed by atoms with Crippen LogP contribution >= 0.6 is 0 Å². The normalized spacial score (nSPS) is 26.9. The van der Waals surface area contributed by atoms with Crippen LogP contribution in [0.1, 0.15) is 136 Å². The summed E-state index contributed by atoms with van der Waals surface area (Å²) in [6, 6.07) is 0.913. The Balaban J connectivity index is 0.000000842. The molecular weight excluding hydrogens is 642 g/mol. The minimum Gasteiger partial charge on any atom is -0.444 e. The Kier molecular flexibility index (Phi) is 19.4. The van der Waals surface area contributed by atoms with Gasteiger partial charge in [0, 0.05) is 18.6 Å². The Morgan fingerprint density at radius 1 is 0.760 bits per heavy atom. The predicted molar refractivity (Wildman–Crippen MR) is 193 cm³/mol. The first kappa shape index (κ1) is 48.0. The first-order valence-corrected chi connectivity index (χ1v) is 17.9. The molecule has 0 radical (unpaired) electrons. The second-order valence-electron chi connectivity index (χ2n) is 16.7. The topological polar surface area (TPSA) is 147 Å². The molecule has 0 aromatic carbocycles. The zero-order chi connectivity index (χ0) is 37.8. The largest absolute Gasteiger partial charge is 0.457 e. The summed E-state index contributed by atoms with van der Waals surface area (Å²) in [5, 5.41) is 3.51. The fourth-order valence-corrected chi connectivity index (χ4v) is 6.53. The van der Waals surface area contributed by atoms with Crippen LogP contribution in [0.15, 0.2) is 0 Å². The van der Waals surface area contributed by atoms with E-state index in [9.17, 15) is 4.79 Å². The lowest BCUT2D eigenvalue weighted by Gasteiger charge is -2.32. The van der Waals surface area contributed by atoms with Gasteiger partial charge in [-0.25, -0.2) is 4.79 Å². The van der Waals surface area contributed by atoms with Crippen LogP contribution in [0.2, 0.25) is 12.6 Å². The molecule has 12 nitrogen and oxygen atoms in total. The van der Waals surface area contributed by atoms with Gasteiger partial charge in [0.1, 0.15) is 5.60 Å². The monoisotopic (exact) mass is 711 g/mol. The highest BCUT2D eigenvalue weighted by atomic mass is 16.7. The predicted octanol–water partition coefficient (Wildman–Crippen LogP) is 6.83. The van der Waals surface area contributed by atoms with E-state index in [1.807, 2.05) is 25.7 Å². The molecule has 4 fully saturated rings. The Bertz CT molecular complexity index is 1050. The van der Waals surface area contributed by atoms with Crippen molar-refractivity contribution in [1.29, 1.82) is 0 Å². The van der Waals surface area contributed by atoms with E-state index >= 15 is 0 Å². The average Bonchev–Trinajstić information content (AvgIpc) is 3.62. The molecule has 4 heterocycles. The third kappa shape index (κ3) is 14.5. The number of hydrogen-bond acceptors (Lipinski definition) is 11. The van der Waals surface area contributed by atoms with Crippen LogP contribution in [0.25, 0.3) is 0 Å². The van der Waals surface area contributed by atoms with Crippen molar-refractivity contribution >= 4 is 32.6 Å². The van der Waals surface area contributed by atoms with Gasteiger partial charge in [0.15, 0.2) is 0 Å². The molecule has 4 atom stereocenters. The molecule has 0 spiro atoms. The molecule has 0 aliphatic carbocycles. The smallest absolute Gasteiger partial charge is 0.444 e. The molecule has 4 saturated heterocycles. The third-order valence-electron chi connectivity index (χ3n) is 10.9. The van der Waals surface area contributed by atoms with Crippen molar-refractivity contribution in [3.63, 3.8) is 0 Å². The highest BCUT2D eigenvalue weighted by Crippen LogP contribution is 2.40. The standard InChI is InChI=1S/C19H36BNO4.C14H28BNO2.2CO2.CH4/c1-14-15(11-13-21(14)16(22)23-17(2,3)4)10-9-12-20-24-18(5,6)19(7,8)25-20;1-11-12(8-10-16-11)7-6-9-15-17-13(2,3)14(4,5)18-15;2*2-1-3;/h14-15H,9-13H2,1-8H3;11-12,16H,6-10H2,1-5H3;;;1H4. The molecule has 4 rings (SSSR count). The van der Waals surface area contributed by atoms with Gasteiger partial charge in [-0.05, 0) is 147 Å². The molecule has 0 aromatic heterocycles. The number of likely N-dealkylation sites (tertiary alicyclic amines) is 1. The molecular formula is C36H68B2N2O10. The lowest BCUT2D eigenvalue weighted by Crippen LogP contribution is -2.41. The lowest BCUT2D eigenvalue weighted by atomic mass is 9.80. The summed E-state index contributed by atoms with van der Waals surface area (Å²) in [7, 11) is -0.136. The van der Waals surface area contributed by atoms with Crippen molar-refractivity contribution in [1.82, 2.24) is 10.2 Å². The molecule has 0 bridgehead atoms. The maximum absolute atomic E-state index is 12.3. The number of rotatable bonds is 8. The Morgan fingerprint density at radius 2 is 1.14 bits per heavy atom. The van der Waals surface area contributed by atoms with Crippen LogP contribution < -0.4 is 5.32 Å². The first-order valence-electron chi connectivity index (χ1n) is 17.9. The number of amides is 1. The molecule has 4 aliphatic rings. The molecule has 0 aromatic rings. The minimum atomic E-state index is -0.439. The van der Waals surface area contributed by atoms with E-state index in [1.165, 1.54) is 25.8 Å². The summed E-state index contributed by atoms with van der Waals surface area (Å²) >= 11 is 0. The minimum absolute atomic E-state index is 0. The Hall–Kier alpha value is -2.04. The number of nitrogens with zero attached hydrogens (tertiary/aromatic N) is 1. The van der Waals surface area contributed by atoms with Gasteiger partial charge in [0.25, 0.3) is 0 Å². The molecule has 4 aliphatic heterocycles. The fourth-order valence-electron chi connectivity index (χ4n) is 6.53. The Labute approximate surface area is 303 Å². The first-order chi connectivity index (χ1) is 22.5. The summed E-state index contributed by atoms with van der Waals surface area (Å²) in [5.41, 5.74) is -1.32. The van der Waals surface area contributed by atoms with Crippen molar-refractivity contribution in [3.8, 4) is 0 Å². The van der Waals surface area contributed by atoms with Crippen molar-refractivity contribution < 1.29 is 47.3 Å². The maximum atomic E-state index is 12.3. The Morgan fingerprint density at radius 3 is 1.48 bits per heavy atom. The summed E-state index contributed by atoms with van der Waals surface area (Å²) in [6.45, 7) is 29.0. The number of hydrogen-bond donors (Lipinski definition) is 1. The van der Waals surface area contributed by atoms with E-state index < -0.39 is 5.60 Å². The van der Waals surface area contributed by atoms with E-state index in [-0.39, 0.29) is 68.5 Å². The molecule has 1 N–H and O–H groups in total. The van der Waals surface area contributed by atoms with E-state index in [1.54, 1.807) is 0 Å². The van der Waals surface area contributed by atoms with Gasteiger partial charge in [-0.1, -0.05) is 20.3 Å². The molecule has 4 unspecified atom stereocenters. The van der Waals surface area contributed by atoms with Gasteiger partial charge in [-0.2, -0.15) is 19.2 Å². The van der Waals surface area contributed by atoms with Crippen LogP contribution in [0.3, 0.4) is 0 Å². The van der Waals surface area contributed by atoms with Crippen molar-refractivity contribution in [2.75, 3.05) is 13.1 Å². The third-order valence-corrected chi connectivity index (χ3v) is 10.9. The molecule has 14 heteroatoms. The number of nitrogens with one attached hydrogen (secondary N) is 1. The van der Waals surface area contributed by atoms with Gasteiger partial charge < -0.3 is 33.6 Å². The highest BCUT2D eigenvalue weighted by molar-refractivity contribution is 6.45. The summed E-state index contributed by atoms with van der Waals surface area (Å²) in [4.78, 5) is 46.7. The fraction of sp³-hybridized carbons (Fsp3) is 0.917. The van der Waals surface area contributed by atoms with E-state index in [2.05, 4.69) is 74.6 Å². The molecule has 50 heavy (non-hydrogen) atoms. The van der Waals surface area contributed by atoms with Gasteiger partial charge in [0.05, 0.1) is 22.4 Å². The molecule has 1 amide bonds. The SMILES string of the molecule is C.CC1C(CCCB2OC(C)(C)C(C)(C)O2)CCN1C(=O)OC(C)(C)C.CC1NCCC1CCCB1OC(C)(C)C(C)(C)O1.O=C=O.O=C=O. The van der Waals surface area contributed by atoms with Crippen LogP contribution in [-0.4, -0.2) is 90.7 Å². The maximum Gasteiger partial charge on any atom is 0.457 e. The zero-order valence-corrected chi connectivity index (χ0v) is 32.6. The van der Waals surface area contributed by atoms with Gasteiger partial charge in [0.2, 0.25) is 0 Å². The summed E-state index contributed by atoms with van der Waals surface area (Å²) in [6.07, 6.45) is 9.24.